The molecule has 0 amide bonds. The van der Waals surface area contributed by atoms with Crippen LogP contribution in [0.1, 0.15) is 24.8 Å². The molecule has 22 heavy (non-hydrogen) atoms. The van der Waals surface area contributed by atoms with Crippen LogP contribution >= 0.6 is 11.6 Å². The molecule has 1 aromatic carbocycles. The van der Waals surface area contributed by atoms with E-state index in [0.717, 1.165) is 19.6 Å². The molecule has 0 saturated carbocycles. The van der Waals surface area contributed by atoms with E-state index in [4.69, 9.17) is 21.1 Å². The highest BCUT2D eigenvalue weighted by molar-refractivity contribution is 6.32. The van der Waals surface area contributed by atoms with Gasteiger partial charge in [-0.3, -0.25) is 4.90 Å². The summed E-state index contributed by atoms with van der Waals surface area (Å²) in [6, 6.07) is 4.04. The van der Waals surface area contributed by atoms with Gasteiger partial charge in [0.15, 0.2) is 11.5 Å². The first-order valence-corrected chi connectivity index (χ1v) is 8.37. The maximum atomic E-state index is 6.31. The molecule has 0 radical (unpaired) electrons. The van der Waals surface area contributed by atoms with Gasteiger partial charge in [0.1, 0.15) is 0 Å². The second-order valence-corrected chi connectivity index (χ2v) is 6.93. The summed E-state index contributed by atoms with van der Waals surface area (Å²) < 4.78 is 10.7. The first kappa shape index (κ1) is 15.9. The van der Waals surface area contributed by atoms with Crippen molar-refractivity contribution in [3.05, 3.63) is 22.7 Å². The van der Waals surface area contributed by atoms with E-state index in [-0.39, 0.29) is 0 Å². The molecule has 2 fully saturated rings. The zero-order valence-electron chi connectivity index (χ0n) is 13.5. The molecule has 0 unspecified atom stereocenters. The number of ether oxygens (including phenoxy) is 2. The highest BCUT2D eigenvalue weighted by atomic mass is 35.5. The van der Waals surface area contributed by atoms with Crippen LogP contribution in [0.4, 0.5) is 0 Å². The highest BCUT2D eigenvalue weighted by Gasteiger charge is 2.38. The van der Waals surface area contributed by atoms with Crippen molar-refractivity contribution in [2.75, 3.05) is 40.4 Å². The van der Waals surface area contributed by atoms with Crippen molar-refractivity contribution >= 4 is 11.6 Å². The molecule has 2 aliphatic heterocycles. The minimum atomic E-state index is 0.533. The number of methoxy groups -OCH3 is 2. The summed E-state index contributed by atoms with van der Waals surface area (Å²) in [5.74, 6) is 1.32. The third-order valence-corrected chi connectivity index (χ3v) is 5.36. The van der Waals surface area contributed by atoms with Gasteiger partial charge in [0, 0.05) is 13.1 Å². The SMILES string of the molecule is COc1cc(CN2CCC3(CCNCC3)C2)cc(Cl)c1OC. The van der Waals surface area contributed by atoms with Crippen molar-refractivity contribution in [3.8, 4) is 11.5 Å². The Balaban J connectivity index is 1.70. The zero-order chi connectivity index (χ0) is 15.6. The molecule has 4 nitrogen and oxygen atoms in total. The Morgan fingerprint density at radius 1 is 1.18 bits per heavy atom. The number of benzene rings is 1. The minimum absolute atomic E-state index is 0.533. The second kappa shape index (κ2) is 6.65. The molecule has 0 aromatic heterocycles. The van der Waals surface area contributed by atoms with Crippen LogP contribution in [0.2, 0.25) is 5.02 Å². The van der Waals surface area contributed by atoms with E-state index in [1.165, 1.54) is 37.9 Å². The monoisotopic (exact) mass is 324 g/mol. The van der Waals surface area contributed by atoms with Crippen molar-refractivity contribution in [2.24, 2.45) is 5.41 Å². The summed E-state index contributed by atoms with van der Waals surface area (Å²) in [5, 5.41) is 4.09. The average Bonchev–Trinajstić information content (AvgIpc) is 2.89. The Kier molecular flexibility index (Phi) is 4.81. The van der Waals surface area contributed by atoms with Gasteiger partial charge in [0.25, 0.3) is 0 Å². The van der Waals surface area contributed by atoms with Gasteiger partial charge < -0.3 is 14.8 Å². The minimum Gasteiger partial charge on any atom is -0.493 e. The molecule has 122 valence electrons. The number of nitrogens with one attached hydrogen (secondary N) is 1. The number of piperidine rings is 1. The van der Waals surface area contributed by atoms with E-state index >= 15 is 0 Å². The summed E-state index contributed by atoms with van der Waals surface area (Å²) in [5.41, 5.74) is 1.72. The first-order valence-electron chi connectivity index (χ1n) is 7.99. The van der Waals surface area contributed by atoms with Crippen LogP contribution < -0.4 is 14.8 Å². The quantitative estimate of drug-likeness (QED) is 0.923. The molecule has 1 aromatic rings. The van der Waals surface area contributed by atoms with Gasteiger partial charge in [0.2, 0.25) is 0 Å². The summed E-state index contributed by atoms with van der Waals surface area (Å²) in [7, 11) is 3.27. The number of hydrogen-bond acceptors (Lipinski definition) is 4. The van der Waals surface area contributed by atoms with E-state index < -0.39 is 0 Å². The maximum Gasteiger partial charge on any atom is 0.179 e. The molecule has 0 bridgehead atoms. The number of hydrogen-bond donors (Lipinski definition) is 1. The van der Waals surface area contributed by atoms with E-state index in [0.29, 0.717) is 21.9 Å². The van der Waals surface area contributed by atoms with Gasteiger partial charge in [-0.05, 0) is 62.0 Å². The van der Waals surface area contributed by atoms with Gasteiger partial charge in [-0.15, -0.1) is 0 Å². The Hall–Kier alpha value is -0.970. The van der Waals surface area contributed by atoms with Crippen LogP contribution in [-0.2, 0) is 6.54 Å². The van der Waals surface area contributed by atoms with Gasteiger partial charge in [-0.2, -0.15) is 0 Å². The van der Waals surface area contributed by atoms with Crippen LogP contribution in [0.15, 0.2) is 12.1 Å². The molecule has 2 saturated heterocycles. The van der Waals surface area contributed by atoms with Crippen LogP contribution in [0.3, 0.4) is 0 Å². The lowest BCUT2D eigenvalue weighted by atomic mass is 9.78. The predicted molar refractivity (Wildman–Crippen MR) is 89.0 cm³/mol. The zero-order valence-corrected chi connectivity index (χ0v) is 14.2. The lowest BCUT2D eigenvalue weighted by Gasteiger charge is -2.34. The molecule has 0 aliphatic carbocycles. The molecule has 1 N–H and O–H groups in total. The second-order valence-electron chi connectivity index (χ2n) is 6.52. The number of rotatable bonds is 4. The van der Waals surface area contributed by atoms with Crippen LogP contribution in [-0.4, -0.2) is 45.3 Å². The van der Waals surface area contributed by atoms with Gasteiger partial charge in [-0.25, -0.2) is 0 Å². The Morgan fingerprint density at radius 2 is 1.95 bits per heavy atom. The number of likely N-dealkylation sites (tertiary alicyclic amines) is 1. The van der Waals surface area contributed by atoms with Crippen LogP contribution in [0, 0.1) is 5.41 Å². The Morgan fingerprint density at radius 3 is 2.64 bits per heavy atom. The summed E-state index contributed by atoms with van der Waals surface area (Å²) in [6.45, 7) is 5.62. The van der Waals surface area contributed by atoms with Crippen molar-refractivity contribution in [1.29, 1.82) is 0 Å². The number of halogens is 1. The third-order valence-electron chi connectivity index (χ3n) is 5.08. The Labute approximate surface area is 137 Å². The largest absolute Gasteiger partial charge is 0.493 e. The van der Waals surface area contributed by atoms with Gasteiger partial charge in [-0.1, -0.05) is 11.6 Å². The fraction of sp³-hybridized carbons (Fsp3) is 0.647. The Bertz CT molecular complexity index is 530. The fourth-order valence-corrected chi connectivity index (χ4v) is 4.16. The van der Waals surface area contributed by atoms with E-state index in [2.05, 4.69) is 10.2 Å². The molecule has 3 rings (SSSR count). The average molecular weight is 325 g/mol. The first-order chi connectivity index (χ1) is 10.7. The molecular formula is C17H25ClN2O2. The molecule has 5 heteroatoms. The molecule has 2 aliphatic rings. The third kappa shape index (κ3) is 3.19. The normalized spacial score (nSPS) is 21.2. The summed E-state index contributed by atoms with van der Waals surface area (Å²) >= 11 is 6.31. The van der Waals surface area contributed by atoms with Crippen LogP contribution in [0.25, 0.3) is 0 Å². The molecule has 0 atom stereocenters. The van der Waals surface area contributed by atoms with E-state index in [9.17, 15) is 0 Å². The predicted octanol–water partition coefficient (Wildman–Crippen LogP) is 2.93. The van der Waals surface area contributed by atoms with E-state index in [1.807, 2.05) is 12.1 Å². The molecular weight excluding hydrogens is 300 g/mol. The fourth-order valence-electron chi connectivity index (χ4n) is 3.85. The topological polar surface area (TPSA) is 33.7 Å². The van der Waals surface area contributed by atoms with Crippen molar-refractivity contribution in [1.82, 2.24) is 10.2 Å². The van der Waals surface area contributed by atoms with Gasteiger partial charge in [0.05, 0.1) is 19.2 Å². The summed E-state index contributed by atoms with van der Waals surface area (Å²) in [6.07, 6.45) is 3.92. The number of nitrogens with zero attached hydrogens (tertiary/aromatic N) is 1. The molecule has 1 spiro atoms. The van der Waals surface area contributed by atoms with E-state index in [1.54, 1.807) is 14.2 Å². The van der Waals surface area contributed by atoms with Crippen molar-refractivity contribution in [3.63, 3.8) is 0 Å². The highest BCUT2D eigenvalue weighted by Crippen LogP contribution is 2.40. The maximum absolute atomic E-state index is 6.31. The molecule has 2 heterocycles. The lowest BCUT2D eigenvalue weighted by Crippen LogP contribution is -2.38. The smallest absolute Gasteiger partial charge is 0.179 e. The van der Waals surface area contributed by atoms with Crippen LogP contribution in [0.5, 0.6) is 11.5 Å². The summed E-state index contributed by atoms with van der Waals surface area (Å²) in [4.78, 5) is 2.54. The van der Waals surface area contributed by atoms with Crippen molar-refractivity contribution in [2.45, 2.75) is 25.8 Å². The van der Waals surface area contributed by atoms with Crippen molar-refractivity contribution < 1.29 is 9.47 Å². The van der Waals surface area contributed by atoms with Gasteiger partial charge >= 0.3 is 0 Å². The standard InChI is InChI=1S/C17H25ClN2O2/c1-21-15-10-13(9-14(18)16(15)22-2)11-20-8-5-17(12-20)3-6-19-7-4-17/h9-10,19H,3-8,11-12H2,1-2H3. The lowest BCUT2D eigenvalue weighted by molar-refractivity contribution is 0.194.